The molecule has 120 valence electrons. The molecule has 2 aromatic carbocycles. The van der Waals surface area contributed by atoms with Crippen molar-refractivity contribution in [2.45, 2.75) is 16.6 Å². The smallest absolute Gasteiger partial charge is 0.304 e. The average Bonchev–Trinajstić information content (AvgIpc) is 2.54. The molecule has 6 nitrogen and oxygen atoms in total. The maximum Gasteiger partial charge on any atom is 0.304 e. The number of nitro benzene ring substituents is 1. The fourth-order valence-electron chi connectivity index (χ4n) is 2.07. The van der Waals surface area contributed by atoms with E-state index in [9.17, 15) is 14.9 Å². The highest BCUT2D eigenvalue weighted by atomic mass is 32.2. The minimum atomic E-state index is -0.961. The van der Waals surface area contributed by atoms with E-state index >= 15 is 0 Å². The molecule has 1 atom stereocenters. The second-order valence-corrected chi connectivity index (χ2v) is 5.95. The number of carbonyl (C=O) groups is 1. The van der Waals surface area contributed by atoms with Crippen LogP contribution >= 0.6 is 11.8 Å². The number of aliphatic carboxylic acids is 1. The van der Waals surface area contributed by atoms with E-state index in [2.05, 4.69) is 0 Å². The third kappa shape index (κ3) is 4.46. The number of hydrogen-bond acceptors (Lipinski definition) is 5. The van der Waals surface area contributed by atoms with E-state index < -0.39 is 16.1 Å². The molecule has 23 heavy (non-hydrogen) atoms. The Labute approximate surface area is 137 Å². The lowest BCUT2D eigenvalue weighted by Crippen LogP contribution is -2.04. The Morgan fingerprint density at radius 2 is 1.91 bits per heavy atom. The number of carboxylic acids is 1. The van der Waals surface area contributed by atoms with Gasteiger partial charge in [-0.15, -0.1) is 11.8 Å². The lowest BCUT2D eigenvalue weighted by molar-refractivity contribution is -0.387. The molecule has 7 heteroatoms. The maximum atomic E-state index is 11.1. The molecular weight excluding hydrogens is 318 g/mol. The van der Waals surface area contributed by atoms with Crippen molar-refractivity contribution in [1.82, 2.24) is 0 Å². The standard InChI is InChI=1S/C16H15NO5S/c1-22-12-8-6-11(7-9-12)15(10-16(18)19)23-14-5-3-2-4-13(14)17(20)21/h2-9,15H,10H2,1H3,(H,18,19). The van der Waals surface area contributed by atoms with Crippen LogP contribution in [0.4, 0.5) is 5.69 Å². The summed E-state index contributed by atoms with van der Waals surface area (Å²) in [4.78, 5) is 22.2. The first-order valence-corrected chi connectivity index (χ1v) is 7.65. The van der Waals surface area contributed by atoms with Gasteiger partial charge in [-0.25, -0.2) is 0 Å². The van der Waals surface area contributed by atoms with Crippen LogP contribution in [0.3, 0.4) is 0 Å². The van der Waals surface area contributed by atoms with Crippen LogP contribution in [0.25, 0.3) is 0 Å². The van der Waals surface area contributed by atoms with Crippen LogP contribution in [-0.2, 0) is 4.79 Å². The molecule has 0 amide bonds. The number of rotatable bonds is 7. The van der Waals surface area contributed by atoms with Crippen molar-refractivity contribution in [1.29, 1.82) is 0 Å². The van der Waals surface area contributed by atoms with Gasteiger partial charge in [-0.1, -0.05) is 24.3 Å². The zero-order valence-electron chi connectivity index (χ0n) is 12.3. The van der Waals surface area contributed by atoms with Gasteiger partial charge in [0.05, 0.1) is 23.3 Å². The second kappa shape index (κ2) is 7.64. The quantitative estimate of drug-likeness (QED) is 0.469. The number of hydrogen-bond donors (Lipinski definition) is 1. The number of benzene rings is 2. The van der Waals surface area contributed by atoms with Gasteiger partial charge in [0.1, 0.15) is 5.75 Å². The lowest BCUT2D eigenvalue weighted by atomic mass is 10.1. The lowest BCUT2D eigenvalue weighted by Gasteiger charge is -2.15. The van der Waals surface area contributed by atoms with Crippen molar-refractivity contribution < 1.29 is 19.6 Å². The molecule has 2 rings (SSSR count). The first-order chi connectivity index (χ1) is 11.0. The molecule has 0 heterocycles. The van der Waals surface area contributed by atoms with Crippen molar-refractivity contribution >= 4 is 23.4 Å². The van der Waals surface area contributed by atoms with Gasteiger partial charge >= 0.3 is 5.97 Å². The molecule has 0 bridgehead atoms. The molecule has 0 spiro atoms. The highest BCUT2D eigenvalue weighted by Gasteiger charge is 2.22. The number of carboxylic acid groups (broad SMARTS) is 1. The molecule has 0 fully saturated rings. The maximum absolute atomic E-state index is 11.1. The second-order valence-electron chi connectivity index (χ2n) is 4.70. The number of nitrogens with zero attached hydrogens (tertiary/aromatic N) is 1. The van der Waals surface area contributed by atoms with Crippen LogP contribution in [0.2, 0.25) is 0 Å². The van der Waals surface area contributed by atoms with Gasteiger partial charge < -0.3 is 9.84 Å². The zero-order chi connectivity index (χ0) is 16.8. The summed E-state index contributed by atoms with van der Waals surface area (Å²) < 4.78 is 5.09. The van der Waals surface area contributed by atoms with Gasteiger partial charge in [-0.3, -0.25) is 14.9 Å². The molecule has 0 aliphatic heterocycles. The molecule has 0 aromatic heterocycles. The van der Waals surface area contributed by atoms with Crippen LogP contribution in [-0.4, -0.2) is 23.1 Å². The van der Waals surface area contributed by atoms with Crippen LogP contribution in [0.5, 0.6) is 5.75 Å². The normalized spacial score (nSPS) is 11.7. The molecule has 1 N–H and O–H groups in total. The highest BCUT2D eigenvalue weighted by Crippen LogP contribution is 2.41. The predicted molar refractivity (Wildman–Crippen MR) is 86.9 cm³/mol. The van der Waals surface area contributed by atoms with Gasteiger partial charge in [0.25, 0.3) is 5.69 Å². The summed E-state index contributed by atoms with van der Waals surface area (Å²) in [5.74, 6) is -0.296. The van der Waals surface area contributed by atoms with E-state index in [0.717, 1.165) is 5.56 Å². The molecular formula is C16H15NO5S. The molecule has 0 aliphatic carbocycles. The number of para-hydroxylation sites is 1. The van der Waals surface area contributed by atoms with Gasteiger partial charge in [-0.2, -0.15) is 0 Å². The van der Waals surface area contributed by atoms with Crippen molar-refractivity contribution in [3.63, 3.8) is 0 Å². The summed E-state index contributed by atoms with van der Waals surface area (Å²) in [6.45, 7) is 0. The van der Waals surface area contributed by atoms with Crippen LogP contribution in [0, 0.1) is 10.1 Å². The summed E-state index contributed by atoms with van der Waals surface area (Å²) in [5.41, 5.74) is 0.748. The summed E-state index contributed by atoms with van der Waals surface area (Å²) in [6.07, 6.45) is -0.136. The Balaban J connectivity index is 2.32. The van der Waals surface area contributed by atoms with Gasteiger partial charge in [0.2, 0.25) is 0 Å². The van der Waals surface area contributed by atoms with E-state index in [4.69, 9.17) is 9.84 Å². The Kier molecular flexibility index (Phi) is 5.59. The zero-order valence-corrected chi connectivity index (χ0v) is 13.2. The van der Waals surface area contributed by atoms with Crippen molar-refractivity contribution in [3.8, 4) is 5.75 Å². The summed E-state index contributed by atoms with van der Waals surface area (Å²) >= 11 is 1.18. The molecule has 0 saturated carbocycles. The number of ether oxygens (including phenoxy) is 1. The predicted octanol–water partition coefficient (Wildman–Crippen LogP) is 3.91. The first-order valence-electron chi connectivity index (χ1n) is 6.77. The minimum absolute atomic E-state index is 0.0265. The Hall–Kier alpha value is -2.54. The molecule has 2 aromatic rings. The van der Waals surface area contributed by atoms with Gasteiger partial charge in [-0.05, 0) is 23.8 Å². The Morgan fingerprint density at radius 3 is 2.48 bits per heavy atom. The number of methoxy groups -OCH3 is 1. The van der Waals surface area contributed by atoms with E-state index in [1.54, 1.807) is 49.6 Å². The summed E-state index contributed by atoms with van der Waals surface area (Å²) in [5, 5.41) is 19.8. The summed E-state index contributed by atoms with van der Waals surface area (Å²) in [7, 11) is 1.55. The van der Waals surface area contributed by atoms with E-state index in [0.29, 0.717) is 10.6 Å². The van der Waals surface area contributed by atoms with Gasteiger partial charge in [0, 0.05) is 11.3 Å². The fraction of sp³-hybridized carbons (Fsp3) is 0.188. The SMILES string of the molecule is COc1ccc(C(CC(=O)O)Sc2ccccc2[N+](=O)[O-])cc1. The van der Waals surface area contributed by atoms with Crippen LogP contribution in [0.15, 0.2) is 53.4 Å². The molecule has 1 unspecified atom stereocenters. The summed E-state index contributed by atoms with van der Waals surface area (Å²) in [6, 6.07) is 13.3. The van der Waals surface area contributed by atoms with Crippen molar-refractivity contribution in [3.05, 3.63) is 64.2 Å². The van der Waals surface area contributed by atoms with Gasteiger partial charge in [0.15, 0.2) is 0 Å². The first kappa shape index (κ1) is 16.8. The van der Waals surface area contributed by atoms with E-state index in [1.165, 1.54) is 17.8 Å². The Bertz CT molecular complexity index is 702. The largest absolute Gasteiger partial charge is 0.497 e. The Morgan fingerprint density at radius 1 is 1.26 bits per heavy atom. The minimum Gasteiger partial charge on any atom is -0.497 e. The van der Waals surface area contributed by atoms with Crippen molar-refractivity contribution in [2.24, 2.45) is 0 Å². The number of thioether (sulfide) groups is 1. The average molecular weight is 333 g/mol. The van der Waals surface area contributed by atoms with Crippen LogP contribution in [0.1, 0.15) is 17.2 Å². The molecule has 0 saturated heterocycles. The van der Waals surface area contributed by atoms with E-state index in [1.807, 2.05) is 0 Å². The topological polar surface area (TPSA) is 89.7 Å². The monoisotopic (exact) mass is 333 g/mol. The molecule has 0 aliphatic rings. The van der Waals surface area contributed by atoms with Crippen molar-refractivity contribution in [2.75, 3.05) is 7.11 Å². The molecule has 0 radical (unpaired) electrons. The fourth-order valence-corrected chi connectivity index (χ4v) is 3.31. The third-order valence-corrected chi connectivity index (χ3v) is 4.50. The van der Waals surface area contributed by atoms with E-state index in [-0.39, 0.29) is 12.1 Å². The highest BCUT2D eigenvalue weighted by molar-refractivity contribution is 7.99. The van der Waals surface area contributed by atoms with Crippen LogP contribution < -0.4 is 4.74 Å². The third-order valence-electron chi connectivity index (χ3n) is 3.18. The number of nitro groups is 1.